The summed E-state index contributed by atoms with van der Waals surface area (Å²) in [6, 6.07) is 12.4. The molecule has 0 radical (unpaired) electrons. The normalized spacial score (nSPS) is 15.0. The van der Waals surface area contributed by atoms with Crippen LogP contribution in [0, 0.1) is 0 Å². The van der Waals surface area contributed by atoms with Crippen LogP contribution in [0.1, 0.15) is 11.7 Å². The molecule has 190 valence electrons. The average Bonchev–Trinajstić information content (AvgIpc) is 3.27. The van der Waals surface area contributed by atoms with E-state index in [2.05, 4.69) is 9.98 Å². The zero-order chi connectivity index (χ0) is 26.3. The molecule has 0 aliphatic carbocycles. The molecule has 3 N–H and O–H groups in total. The van der Waals surface area contributed by atoms with Crippen molar-refractivity contribution >= 4 is 22.7 Å². The van der Waals surface area contributed by atoms with E-state index in [0.29, 0.717) is 35.9 Å². The van der Waals surface area contributed by atoms with Gasteiger partial charge in [0, 0.05) is 65.7 Å². The Morgan fingerprint density at radius 2 is 1.84 bits per heavy atom. The molecule has 37 heavy (non-hydrogen) atoms. The van der Waals surface area contributed by atoms with Crippen molar-refractivity contribution in [2.45, 2.75) is 12.3 Å². The summed E-state index contributed by atoms with van der Waals surface area (Å²) >= 11 is 0. The molecule has 1 aliphatic rings. The molecule has 11 heteroatoms. The van der Waals surface area contributed by atoms with Crippen LogP contribution in [0.3, 0.4) is 0 Å². The smallest absolute Gasteiger partial charge is 0.404 e. The third-order valence-corrected chi connectivity index (χ3v) is 6.27. The van der Waals surface area contributed by atoms with Gasteiger partial charge in [0.1, 0.15) is 5.52 Å². The van der Waals surface area contributed by atoms with Gasteiger partial charge >= 0.3 is 6.30 Å². The van der Waals surface area contributed by atoms with Gasteiger partial charge < -0.3 is 24.6 Å². The fourth-order valence-corrected chi connectivity index (χ4v) is 4.34. The monoisotopic (exact) mass is 509 g/mol. The van der Waals surface area contributed by atoms with Crippen molar-refractivity contribution in [2.24, 2.45) is 17.8 Å². The number of hydrogen-bond donors (Lipinski definition) is 2. The Bertz CT molecular complexity index is 1660. The fraction of sp³-hybridized carbons (Fsp3) is 0.192. The lowest BCUT2D eigenvalue weighted by atomic mass is 9.95. The zero-order valence-corrected chi connectivity index (χ0v) is 19.6. The van der Waals surface area contributed by atoms with Crippen LogP contribution >= 0.6 is 0 Å². The molecular formula is C26H22F3N5O3. The maximum atomic E-state index is 13.1. The molecule has 5 rings (SSSR count). The number of H-pyrrole nitrogens is 1. The van der Waals surface area contributed by atoms with Crippen molar-refractivity contribution in [2.75, 3.05) is 13.2 Å². The lowest BCUT2D eigenvalue weighted by Gasteiger charge is -2.29. The predicted molar refractivity (Wildman–Crippen MR) is 135 cm³/mol. The molecule has 4 aromatic rings. The Labute approximate surface area is 208 Å². The topological polar surface area (TPSA) is 107 Å². The van der Waals surface area contributed by atoms with E-state index in [1.165, 1.54) is 16.7 Å². The molecule has 1 saturated heterocycles. The Morgan fingerprint density at radius 1 is 1.11 bits per heavy atom. The summed E-state index contributed by atoms with van der Waals surface area (Å²) in [4.78, 5) is 31.5. The second-order valence-electron chi connectivity index (χ2n) is 8.68. The number of nitrogens with two attached hydrogens (primary N) is 1. The molecule has 1 aliphatic heterocycles. The first kappa shape index (κ1) is 24.3. The van der Waals surface area contributed by atoms with Crippen LogP contribution in [0.5, 0.6) is 0 Å². The van der Waals surface area contributed by atoms with Crippen LogP contribution in [-0.2, 0) is 11.8 Å². The van der Waals surface area contributed by atoms with Crippen LogP contribution in [-0.4, -0.2) is 39.8 Å². The molecule has 3 aromatic heterocycles. The summed E-state index contributed by atoms with van der Waals surface area (Å²) in [5, 5.41) is 0.430. The van der Waals surface area contributed by atoms with Gasteiger partial charge in [-0.05, 0) is 17.2 Å². The van der Waals surface area contributed by atoms with Crippen molar-refractivity contribution in [3.05, 3.63) is 87.5 Å². The minimum absolute atomic E-state index is 0.0507. The van der Waals surface area contributed by atoms with E-state index in [4.69, 9.17) is 10.5 Å². The third-order valence-electron chi connectivity index (χ3n) is 6.27. The number of nitrogens with one attached hydrogen (secondary N) is 1. The third kappa shape index (κ3) is 4.60. The number of halogens is 3. The zero-order valence-electron chi connectivity index (χ0n) is 19.6. The van der Waals surface area contributed by atoms with Crippen molar-refractivity contribution in [3.8, 4) is 22.3 Å². The molecule has 0 bridgehead atoms. The Morgan fingerprint density at radius 3 is 2.46 bits per heavy atom. The number of rotatable bonds is 5. The van der Waals surface area contributed by atoms with Gasteiger partial charge in [-0.25, -0.2) is 0 Å². The second kappa shape index (κ2) is 9.25. The number of ether oxygens (including phenoxy) is 1. The minimum atomic E-state index is -4.78. The van der Waals surface area contributed by atoms with Crippen LogP contribution in [0.2, 0.25) is 0 Å². The first-order chi connectivity index (χ1) is 17.7. The number of pyridine rings is 2. The summed E-state index contributed by atoms with van der Waals surface area (Å²) < 4.78 is 46.3. The predicted octanol–water partition coefficient (Wildman–Crippen LogP) is 3.82. The molecule has 0 atom stereocenters. The molecule has 4 heterocycles. The molecule has 1 fully saturated rings. The van der Waals surface area contributed by atoms with E-state index in [-0.39, 0.29) is 28.4 Å². The van der Waals surface area contributed by atoms with Gasteiger partial charge in [-0.2, -0.15) is 4.99 Å². The first-order valence-electron chi connectivity index (χ1n) is 11.3. The van der Waals surface area contributed by atoms with E-state index in [0.717, 1.165) is 17.3 Å². The number of nitrogens with zero attached hydrogens (tertiary/aromatic N) is 3. The van der Waals surface area contributed by atoms with E-state index in [1.807, 2.05) is 30.3 Å². The van der Waals surface area contributed by atoms with Gasteiger partial charge in [-0.1, -0.05) is 30.3 Å². The second-order valence-corrected chi connectivity index (χ2v) is 8.68. The van der Waals surface area contributed by atoms with Crippen molar-refractivity contribution in [1.29, 1.82) is 0 Å². The molecule has 1 aromatic carbocycles. The standard InChI is InChI=1S/C26H22F3N5O3/c1-33-11-21(19-7-22(32-24(19)25(33)36)16(9-30)10-31-26(27,28)29)18-8-23(35)34(17-13-37-14-17)12-20(18)15-5-3-2-4-6-15/h2-12,17,32H,13-14,30H2,1H3. The molecule has 8 nitrogen and oxygen atoms in total. The van der Waals surface area contributed by atoms with Gasteiger partial charge in [0.05, 0.1) is 19.3 Å². The summed E-state index contributed by atoms with van der Waals surface area (Å²) in [6.45, 7) is 0.874. The fourth-order valence-electron chi connectivity index (χ4n) is 4.34. The van der Waals surface area contributed by atoms with E-state index in [9.17, 15) is 22.8 Å². The number of fused-ring (bicyclic) bond motifs is 1. The number of hydrogen-bond acceptors (Lipinski definition) is 5. The van der Waals surface area contributed by atoms with Gasteiger partial charge in [-0.3, -0.25) is 9.59 Å². The number of benzene rings is 1. The SMILES string of the molecule is Cn1cc(-c2cc(=O)n(C3COC3)cc2-c2ccccc2)c2cc(C(C=NC(F)(F)F)=CN)[nH]c2c1=O. The number of aromatic amines is 1. The summed E-state index contributed by atoms with van der Waals surface area (Å²) in [5.41, 5.74) is 7.96. The summed E-state index contributed by atoms with van der Waals surface area (Å²) in [5.74, 6) is 0. The molecule has 0 unspecified atom stereocenters. The van der Waals surface area contributed by atoms with Crippen LogP contribution in [0.15, 0.2) is 75.6 Å². The average molecular weight is 509 g/mol. The quantitative estimate of drug-likeness (QED) is 0.315. The highest BCUT2D eigenvalue weighted by Crippen LogP contribution is 2.36. The van der Waals surface area contributed by atoms with E-state index in [1.54, 1.807) is 24.0 Å². The molecule has 0 amide bonds. The summed E-state index contributed by atoms with van der Waals surface area (Å²) in [7, 11) is 1.56. The largest absolute Gasteiger partial charge is 0.503 e. The van der Waals surface area contributed by atoms with Gasteiger partial charge in [0.15, 0.2) is 0 Å². The van der Waals surface area contributed by atoms with Crippen molar-refractivity contribution in [1.82, 2.24) is 14.1 Å². The van der Waals surface area contributed by atoms with Gasteiger partial charge in [0.25, 0.3) is 11.1 Å². The highest BCUT2D eigenvalue weighted by molar-refractivity contribution is 6.11. The maximum absolute atomic E-state index is 13.1. The number of aliphatic imine (C=N–C) groups is 1. The summed E-state index contributed by atoms with van der Waals surface area (Å²) in [6.07, 6.45) is 0.177. The number of allylic oxidation sites excluding steroid dienone is 1. The Hall–Kier alpha value is -4.38. The van der Waals surface area contributed by atoms with Gasteiger partial charge in [0.2, 0.25) is 0 Å². The van der Waals surface area contributed by atoms with Crippen molar-refractivity contribution < 1.29 is 17.9 Å². The van der Waals surface area contributed by atoms with E-state index < -0.39 is 11.9 Å². The van der Waals surface area contributed by atoms with E-state index >= 15 is 0 Å². The Balaban J connectivity index is 1.76. The van der Waals surface area contributed by atoms with Crippen molar-refractivity contribution in [3.63, 3.8) is 0 Å². The molecular weight excluding hydrogens is 487 g/mol. The van der Waals surface area contributed by atoms with Gasteiger partial charge in [-0.15, -0.1) is 13.2 Å². The van der Waals surface area contributed by atoms with Crippen LogP contribution in [0.4, 0.5) is 13.2 Å². The molecule has 0 spiro atoms. The lowest BCUT2D eigenvalue weighted by molar-refractivity contribution is -0.118. The van der Waals surface area contributed by atoms with Crippen LogP contribution in [0.25, 0.3) is 38.7 Å². The first-order valence-corrected chi connectivity index (χ1v) is 11.3. The number of alkyl halides is 3. The molecule has 0 saturated carbocycles. The highest BCUT2D eigenvalue weighted by atomic mass is 19.4. The van der Waals surface area contributed by atoms with Crippen LogP contribution < -0.4 is 16.9 Å². The highest BCUT2D eigenvalue weighted by Gasteiger charge is 2.26. The number of aromatic nitrogens is 3. The Kier molecular flexibility index (Phi) is 6.08. The number of aryl methyl sites for hydroxylation is 1. The minimum Gasteiger partial charge on any atom is -0.404 e. The maximum Gasteiger partial charge on any atom is 0.503 e. The lowest BCUT2D eigenvalue weighted by Crippen LogP contribution is -2.37.